The molecular weight excluding hydrogens is 520 g/mol. The van der Waals surface area contributed by atoms with Crippen LogP contribution < -0.4 is 19.6 Å². The van der Waals surface area contributed by atoms with Gasteiger partial charge in [0.25, 0.3) is 0 Å². The van der Waals surface area contributed by atoms with Crippen LogP contribution in [0.5, 0.6) is 23.0 Å². The molecule has 0 amide bonds. The fraction of sp³-hybridized carbons (Fsp3) is 0.219. The third-order valence-corrected chi connectivity index (χ3v) is 7.06. The van der Waals surface area contributed by atoms with Crippen molar-refractivity contribution in [1.82, 2.24) is 19.7 Å². The van der Waals surface area contributed by atoms with Crippen LogP contribution >= 0.6 is 0 Å². The summed E-state index contributed by atoms with van der Waals surface area (Å²) in [6.45, 7) is 1.99. The Morgan fingerprint density at radius 2 is 1.71 bits per heavy atom. The quantitative estimate of drug-likeness (QED) is 0.215. The molecule has 9 nitrogen and oxygen atoms in total. The molecule has 1 aliphatic carbocycles. The normalized spacial score (nSPS) is 12.8. The summed E-state index contributed by atoms with van der Waals surface area (Å²) in [5, 5.41) is 5.19. The molecule has 0 unspecified atom stereocenters. The molecular formula is C32H28N4O5. The molecule has 0 spiro atoms. The molecule has 0 bridgehead atoms. The number of hydrogen-bond acceptors (Lipinski definition) is 8. The Bertz CT molecular complexity index is 1810. The van der Waals surface area contributed by atoms with Crippen molar-refractivity contribution in [3.05, 3.63) is 100 Å². The van der Waals surface area contributed by atoms with Crippen LogP contribution in [-0.2, 0) is 6.42 Å². The van der Waals surface area contributed by atoms with Gasteiger partial charge in [-0.25, -0.2) is 0 Å². The van der Waals surface area contributed by atoms with Gasteiger partial charge in [0.2, 0.25) is 5.43 Å². The summed E-state index contributed by atoms with van der Waals surface area (Å²) in [4.78, 5) is 35.5. The molecule has 0 N–H and O–H groups in total. The second kappa shape index (κ2) is 10.8. The van der Waals surface area contributed by atoms with Crippen molar-refractivity contribution in [2.75, 3.05) is 14.2 Å². The number of ketones is 1. The largest absolute Gasteiger partial charge is 0.493 e. The SMILES string of the molecule is COc1cc2nccc(Oc3ccc(CC(=O)c4nn(C5CC5)cc(-c5ccc(C)cc5)c4=O)nc3)c2cc1OC. The average molecular weight is 549 g/mol. The smallest absolute Gasteiger partial charge is 0.219 e. The third-order valence-electron chi connectivity index (χ3n) is 7.06. The number of ether oxygens (including phenoxy) is 3. The molecule has 1 fully saturated rings. The van der Waals surface area contributed by atoms with Crippen molar-refractivity contribution in [3.8, 4) is 34.1 Å². The number of nitrogens with zero attached hydrogens (tertiary/aromatic N) is 4. The predicted octanol–water partition coefficient (Wildman–Crippen LogP) is 5.73. The topological polar surface area (TPSA) is 105 Å². The Kier molecular flexibility index (Phi) is 6.93. The summed E-state index contributed by atoms with van der Waals surface area (Å²) in [6.07, 6.45) is 6.87. The first kappa shape index (κ1) is 26.2. The maximum absolute atomic E-state index is 13.4. The molecule has 9 heteroatoms. The van der Waals surface area contributed by atoms with Crippen molar-refractivity contribution in [2.24, 2.45) is 0 Å². The van der Waals surface area contributed by atoms with E-state index in [-0.39, 0.29) is 29.4 Å². The lowest BCUT2D eigenvalue weighted by molar-refractivity contribution is 0.0983. The first-order valence-corrected chi connectivity index (χ1v) is 13.3. The molecule has 6 rings (SSSR count). The first-order chi connectivity index (χ1) is 19.9. The summed E-state index contributed by atoms with van der Waals surface area (Å²) in [6, 6.07) is 16.7. The number of methoxy groups -OCH3 is 2. The fourth-order valence-electron chi connectivity index (χ4n) is 4.64. The minimum absolute atomic E-state index is 0.0558. The van der Waals surface area contributed by atoms with E-state index < -0.39 is 0 Å². The molecule has 0 radical (unpaired) electrons. The van der Waals surface area contributed by atoms with Gasteiger partial charge in [0.15, 0.2) is 23.0 Å². The maximum atomic E-state index is 13.4. The van der Waals surface area contributed by atoms with E-state index >= 15 is 0 Å². The van der Waals surface area contributed by atoms with Crippen LogP contribution in [0, 0.1) is 6.92 Å². The van der Waals surface area contributed by atoms with E-state index in [4.69, 9.17) is 14.2 Å². The zero-order valence-corrected chi connectivity index (χ0v) is 23.0. The van der Waals surface area contributed by atoms with Crippen LogP contribution in [-0.4, -0.2) is 39.8 Å². The lowest BCUT2D eigenvalue weighted by Crippen LogP contribution is -2.24. The molecule has 0 atom stereocenters. The monoisotopic (exact) mass is 548 g/mol. The molecule has 3 aromatic heterocycles. The minimum Gasteiger partial charge on any atom is -0.493 e. The van der Waals surface area contributed by atoms with Gasteiger partial charge in [-0.15, -0.1) is 0 Å². The van der Waals surface area contributed by atoms with Crippen LogP contribution in [0.25, 0.3) is 22.0 Å². The summed E-state index contributed by atoms with van der Waals surface area (Å²) in [5.74, 6) is 1.81. The number of fused-ring (bicyclic) bond motifs is 1. The summed E-state index contributed by atoms with van der Waals surface area (Å²) in [7, 11) is 3.14. The van der Waals surface area contributed by atoms with E-state index in [0.717, 1.165) is 29.4 Å². The lowest BCUT2D eigenvalue weighted by Gasteiger charge is -2.12. The molecule has 0 aliphatic heterocycles. The zero-order chi connectivity index (χ0) is 28.5. The van der Waals surface area contributed by atoms with Gasteiger partial charge in [-0.3, -0.25) is 24.2 Å². The van der Waals surface area contributed by atoms with Gasteiger partial charge in [0.05, 0.1) is 38.4 Å². The van der Waals surface area contributed by atoms with Crippen molar-refractivity contribution < 1.29 is 19.0 Å². The number of carbonyl (C=O) groups excluding carboxylic acids is 1. The van der Waals surface area contributed by atoms with Gasteiger partial charge in [0, 0.05) is 35.1 Å². The van der Waals surface area contributed by atoms with Crippen molar-refractivity contribution in [1.29, 1.82) is 0 Å². The van der Waals surface area contributed by atoms with Gasteiger partial charge >= 0.3 is 0 Å². The molecule has 5 aromatic rings. The number of aromatic nitrogens is 4. The number of benzene rings is 2. The highest BCUT2D eigenvalue weighted by atomic mass is 16.5. The van der Waals surface area contributed by atoms with Gasteiger partial charge in [-0.2, -0.15) is 5.10 Å². The van der Waals surface area contributed by atoms with Crippen LogP contribution in [0.3, 0.4) is 0 Å². The van der Waals surface area contributed by atoms with E-state index in [1.165, 1.54) is 0 Å². The molecule has 3 heterocycles. The summed E-state index contributed by atoms with van der Waals surface area (Å²) in [5.41, 5.74) is 3.10. The molecule has 2 aromatic carbocycles. The number of Topliss-reactive ketones (excluding diaryl/α,β-unsaturated/α-hetero) is 1. The van der Waals surface area contributed by atoms with E-state index in [0.29, 0.717) is 39.8 Å². The predicted molar refractivity (Wildman–Crippen MR) is 154 cm³/mol. The standard InChI is InChI=1S/C32H28N4O5/c1-19-4-6-20(7-5-19)25-18-36(22-9-10-22)35-31(32(25)38)27(37)14-21-8-11-23(17-34-21)41-28-12-13-33-26-16-30(40-3)29(39-2)15-24(26)28/h4-8,11-13,15-18,22H,9-10,14H2,1-3H3. The highest BCUT2D eigenvalue weighted by Gasteiger charge is 2.27. The Morgan fingerprint density at radius 1 is 0.951 bits per heavy atom. The van der Waals surface area contributed by atoms with Gasteiger partial charge < -0.3 is 14.2 Å². The summed E-state index contributed by atoms with van der Waals surface area (Å²) < 4.78 is 18.7. The van der Waals surface area contributed by atoms with E-state index in [2.05, 4.69) is 15.1 Å². The maximum Gasteiger partial charge on any atom is 0.219 e. The minimum atomic E-state index is -0.374. The molecule has 0 saturated heterocycles. The van der Waals surface area contributed by atoms with Crippen molar-refractivity contribution in [3.63, 3.8) is 0 Å². The van der Waals surface area contributed by atoms with E-state index in [9.17, 15) is 9.59 Å². The highest BCUT2D eigenvalue weighted by molar-refractivity contribution is 5.96. The zero-order valence-electron chi connectivity index (χ0n) is 23.0. The second-order valence-electron chi connectivity index (χ2n) is 10.0. The molecule has 41 heavy (non-hydrogen) atoms. The Morgan fingerprint density at radius 3 is 2.39 bits per heavy atom. The molecule has 1 saturated carbocycles. The molecule has 1 aliphatic rings. The number of hydrogen-bond donors (Lipinski definition) is 0. The Hall–Kier alpha value is -5.05. The number of aryl methyl sites for hydroxylation is 1. The van der Waals surface area contributed by atoms with Crippen LogP contribution in [0.1, 0.15) is 40.6 Å². The van der Waals surface area contributed by atoms with Crippen molar-refractivity contribution >= 4 is 16.7 Å². The Balaban J connectivity index is 1.24. The van der Waals surface area contributed by atoms with Gasteiger partial charge in [0.1, 0.15) is 11.5 Å². The van der Waals surface area contributed by atoms with Crippen LogP contribution in [0.4, 0.5) is 0 Å². The van der Waals surface area contributed by atoms with Crippen molar-refractivity contribution in [2.45, 2.75) is 32.2 Å². The van der Waals surface area contributed by atoms with Gasteiger partial charge in [-0.05, 0) is 49.6 Å². The van der Waals surface area contributed by atoms with Crippen LogP contribution in [0.15, 0.2) is 78.0 Å². The Labute approximate surface area is 236 Å². The summed E-state index contributed by atoms with van der Waals surface area (Å²) >= 11 is 0. The number of pyridine rings is 2. The number of carbonyl (C=O) groups is 1. The third kappa shape index (κ3) is 5.38. The number of rotatable bonds is 9. The highest BCUT2D eigenvalue weighted by Crippen LogP contribution is 2.37. The first-order valence-electron chi connectivity index (χ1n) is 13.3. The van der Waals surface area contributed by atoms with Gasteiger partial charge in [-0.1, -0.05) is 29.8 Å². The average Bonchev–Trinajstić information content (AvgIpc) is 3.84. The van der Waals surface area contributed by atoms with E-state index in [1.807, 2.05) is 37.3 Å². The van der Waals surface area contributed by atoms with E-state index in [1.54, 1.807) is 61.8 Å². The second-order valence-corrected chi connectivity index (χ2v) is 10.0. The fourth-order valence-corrected chi connectivity index (χ4v) is 4.64. The van der Waals surface area contributed by atoms with Crippen LogP contribution in [0.2, 0.25) is 0 Å². The lowest BCUT2D eigenvalue weighted by atomic mass is 10.0. The molecule has 206 valence electrons.